The van der Waals surface area contributed by atoms with Gasteiger partial charge >= 0.3 is 0 Å². The number of likely N-dealkylation sites (tertiary alicyclic amines) is 1. The van der Waals surface area contributed by atoms with Gasteiger partial charge in [-0.1, -0.05) is 6.92 Å². The first-order valence-electron chi connectivity index (χ1n) is 5.42. The Labute approximate surface area is 90.9 Å². The Kier molecular flexibility index (Phi) is 5.01. The molecule has 88 valence electrons. The second kappa shape index (κ2) is 6.05. The molecule has 0 spiro atoms. The Hall–Kier alpha value is -0.650. The third-order valence-electron chi connectivity index (χ3n) is 3.03. The van der Waals surface area contributed by atoms with Crippen LogP contribution in [0.5, 0.6) is 0 Å². The second-order valence-electron chi connectivity index (χ2n) is 4.20. The van der Waals surface area contributed by atoms with Crippen molar-refractivity contribution in [3.63, 3.8) is 0 Å². The summed E-state index contributed by atoms with van der Waals surface area (Å²) < 4.78 is 5.05. The molecule has 0 bridgehead atoms. The molecule has 15 heavy (non-hydrogen) atoms. The van der Waals surface area contributed by atoms with Crippen LogP contribution in [0.4, 0.5) is 0 Å². The van der Waals surface area contributed by atoms with Crippen LogP contribution in [0, 0.1) is 5.92 Å². The minimum absolute atomic E-state index is 0.161. The highest BCUT2D eigenvalue weighted by molar-refractivity contribution is 5.81. The van der Waals surface area contributed by atoms with Gasteiger partial charge in [0.25, 0.3) is 5.91 Å². The highest BCUT2D eigenvalue weighted by Gasteiger charge is 2.28. The molecule has 1 heterocycles. The van der Waals surface area contributed by atoms with Crippen molar-refractivity contribution in [2.24, 2.45) is 11.8 Å². The maximum absolute atomic E-state index is 11.5. The molecule has 1 atom stereocenters. The predicted molar refractivity (Wildman–Crippen MR) is 58.0 cm³/mol. The van der Waals surface area contributed by atoms with Crippen molar-refractivity contribution in [2.75, 3.05) is 26.8 Å². The zero-order chi connectivity index (χ0) is 11.3. The quantitative estimate of drug-likeness (QED) is 0.384. The van der Waals surface area contributed by atoms with E-state index in [4.69, 9.17) is 10.6 Å². The van der Waals surface area contributed by atoms with Gasteiger partial charge in [0.2, 0.25) is 0 Å². The van der Waals surface area contributed by atoms with E-state index in [1.54, 1.807) is 7.11 Å². The van der Waals surface area contributed by atoms with Crippen LogP contribution in [0.1, 0.15) is 19.8 Å². The van der Waals surface area contributed by atoms with Crippen molar-refractivity contribution in [1.29, 1.82) is 0 Å². The van der Waals surface area contributed by atoms with Crippen molar-refractivity contribution in [3.05, 3.63) is 0 Å². The molecule has 1 rings (SSSR count). The Morgan fingerprint density at radius 1 is 1.60 bits per heavy atom. The molecular weight excluding hydrogens is 194 g/mol. The second-order valence-corrected chi connectivity index (χ2v) is 4.20. The molecule has 1 saturated heterocycles. The molecule has 1 fully saturated rings. The number of methoxy groups -OCH3 is 1. The molecule has 1 amide bonds. The lowest BCUT2D eigenvalue weighted by Crippen LogP contribution is -2.53. The van der Waals surface area contributed by atoms with Gasteiger partial charge in [0.05, 0.1) is 6.61 Å². The van der Waals surface area contributed by atoms with Gasteiger partial charge in [-0.3, -0.25) is 15.1 Å². The summed E-state index contributed by atoms with van der Waals surface area (Å²) in [5.74, 6) is 5.75. The van der Waals surface area contributed by atoms with Gasteiger partial charge in [-0.05, 0) is 31.8 Å². The van der Waals surface area contributed by atoms with E-state index in [1.165, 1.54) is 0 Å². The lowest BCUT2D eigenvalue weighted by atomic mass is 9.98. The van der Waals surface area contributed by atoms with Crippen LogP contribution in [-0.4, -0.2) is 43.7 Å². The number of hydrazine groups is 1. The molecule has 0 aromatic heterocycles. The zero-order valence-corrected chi connectivity index (χ0v) is 9.53. The molecule has 0 aliphatic carbocycles. The number of nitrogens with zero attached hydrogens (tertiary/aromatic N) is 1. The number of carbonyl (C=O) groups is 1. The number of rotatable bonds is 4. The van der Waals surface area contributed by atoms with Gasteiger partial charge < -0.3 is 4.74 Å². The summed E-state index contributed by atoms with van der Waals surface area (Å²) in [4.78, 5) is 13.7. The molecule has 0 radical (unpaired) electrons. The van der Waals surface area contributed by atoms with Crippen molar-refractivity contribution < 1.29 is 9.53 Å². The Bertz CT molecular complexity index is 203. The molecule has 0 aromatic carbocycles. The van der Waals surface area contributed by atoms with E-state index >= 15 is 0 Å². The molecule has 1 aliphatic heterocycles. The first-order valence-corrected chi connectivity index (χ1v) is 5.42. The topological polar surface area (TPSA) is 67.6 Å². The first-order chi connectivity index (χ1) is 7.19. The van der Waals surface area contributed by atoms with Crippen LogP contribution < -0.4 is 11.3 Å². The van der Waals surface area contributed by atoms with Crippen molar-refractivity contribution in [3.8, 4) is 0 Å². The summed E-state index contributed by atoms with van der Waals surface area (Å²) >= 11 is 0. The first kappa shape index (κ1) is 12.4. The normalized spacial score (nSPS) is 21.3. The summed E-state index contributed by atoms with van der Waals surface area (Å²) in [7, 11) is 1.60. The number of hydrogen-bond donors (Lipinski definition) is 2. The fourth-order valence-corrected chi connectivity index (χ4v) is 1.94. The van der Waals surface area contributed by atoms with Crippen LogP contribution in [-0.2, 0) is 9.53 Å². The monoisotopic (exact) mass is 215 g/mol. The minimum Gasteiger partial charge on any atom is -0.383 e. The van der Waals surface area contributed by atoms with Crippen LogP contribution in [0.3, 0.4) is 0 Å². The number of carbonyl (C=O) groups excluding carboxylic acids is 1. The van der Waals surface area contributed by atoms with Crippen LogP contribution in [0.2, 0.25) is 0 Å². The fourth-order valence-electron chi connectivity index (χ4n) is 1.94. The van der Waals surface area contributed by atoms with E-state index in [0.29, 0.717) is 6.61 Å². The smallest absolute Gasteiger partial charge is 0.253 e. The molecule has 5 nitrogen and oxygen atoms in total. The highest BCUT2D eigenvalue weighted by Crippen LogP contribution is 2.18. The van der Waals surface area contributed by atoms with Gasteiger partial charge in [0, 0.05) is 7.11 Å². The maximum Gasteiger partial charge on any atom is 0.253 e. The average Bonchev–Trinajstić information content (AvgIpc) is 2.26. The number of ether oxygens (including phenoxy) is 1. The van der Waals surface area contributed by atoms with Gasteiger partial charge in [-0.25, -0.2) is 5.84 Å². The SMILES string of the molecule is COCC(C(=O)NN)N1CCC(C)CC1. The summed E-state index contributed by atoms with van der Waals surface area (Å²) in [5.41, 5.74) is 2.20. The minimum atomic E-state index is -0.243. The summed E-state index contributed by atoms with van der Waals surface area (Å²) in [6.07, 6.45) is 2.27. The van der Waals surface area contributed by atoms with Crippen LogP contribution in [0.15, 0.2) is 0 Å². The Morgan fingerprint density at radius 2 is 2.20 bits per heavy atom. The van der Waals surface area contributed by atoms with Gasteiger partial charge in [0.1, 0.15) is 6.04 Å². The zero-order valence-electron chi connectivity index (χ0n) is 9.53. The fraction of sp³-hybridized carbons (Fsp3) is 0.900. The highest BCUT2D eigenvalue weighted by atomic mass is 16.5. The number of hydrogen-bond acceptors (Lipinski definition) is 4. The van der Waals surface area contributed by atoms with Crippen molar-refractivity contribution >= 4 is 5.91 Å². The predicted octanol–water partition coefficient (Wildman–Crippen LogP) is -0.277. The maximum atomic E-state index is 11.5. The molecule has 5 heteroatoms. The summed E-state index contributed by atoms with van der Waals surface area (Å²) in [6.45, 7) is 4.54. The van der Waals surface area contributed by atoms with E-state index in [2.05, 4.69) is 17.2 Å². The third-order valence-corrected chi connectivity index (χ3v) is 3.03. The molecule has 1 unspecified atom stereocenters. The lowest BCUT2D eigenvalue weighted by Gasteiger charge is -2.35. The number of nitrogens with one attached hydrogen (secondary N) is 1. The van der Waals surface area contributed by atoms with E-state index in [9.17, 15) is 4.79 Å². The standard InChI is InChI=1S/C10H21N3O2/c1-8-3-5-13(6-4-8)9(7-15-2)10(14)12-11/h8-9H,3-7,11H2,1-2H3,(H,12,14). The molecule has 0 aromatic rings. The lowest BCUT2D eigenvalue weighted by molar-refractivity contribution is -0.129. The van der Waals surface area contributed by atoms with Crippen molar-refractivity contribution in [1.82, 2.24) is 10.3 Å². The van der Waals surface area contributed by atoms with E-state index in [1.807, 2.05) is 0 Å². The Balaban J connectivity index is 2.51. The largest absolute Gasteiger partial charge is 0.383 e. The molecule has 3 N–H and O–H groups in total. The number of amides is 1. The van der Waals surface area contributed by atoms with Gasteiger partial charge in [0.15, 0.2) is 0 Å². The average molecular weight is 215 g/mol. The van der Waals surface area contributed by atoms with E-state index in [0.717, 1.165) is 31.8 Å². The Morgan fingerprint density at radius 3 is 2.67 bits per heavy atom. The van der Waals surface area contributed by atoms with Crippen LogP contribution in [0.25, 0.3) is 0 Å². The molecular formula is C10H21N3O2. The molecule has 1 aliphatic rings. The van der Waals surface area contributed by atoms with Gasteiger partial charge in [-0.15, -0.1) is 0 Å². The van der Waals surface area contributed by atoms with E-state index in [-0.39, 0.29) is 11.9 Å². The van der Waals surface area contributed by atoms with Crippen molar-refractivity contribution in [2.45, 2.75) is 25.8 Å². The number of piperidine rings is 1. The molecule has 0 saturated carbocycles. The van der Waals surface area contributed by atoms with Crippen LogP contribution >= 0.6 is 0 Å². The van der Waals surface area contributed by atoms with E-state index < -0.39 is 0 Å². The van der Waals surface area contributed by atoms with Gasteiger partial charge in [-0.2, -0.15) is 0 Å². The summed E-state index contributed by atoms with van der Waals surface area (Å²) in [5, 5.41) is 0. The summed E-state index contributed by atoms with van der Waals surface area (Å²) in [6, 6.07) is -0.243. The number of nitrogens with two attached hydrogens (primary N) is 1. The third kappa shape index (κ3) is 3.44.